The molecule has 0 radical (unpaired) electrons. The predicted molar refractivity (Wildman–Crippen MR) is 128 cm³/mol. The first kappa shape index (κ1) is 24.0. The van der Waals surface area contributed by atoms with Crippen molar-refractivity contribution >= 4 is 27.5 Å². The van der Waals surface area contributed by atoms with Crippen LogP contribution in [0.3, 0.4) is 0 Å². The highest BCUT2D eigenvalue weighted by atomic mass is 32.2. The summed E-state index contributed by atoms with van der Waals surface area (Å²) in [6.45, 7) is 4.39. The average Bonchev–Trinajstić information content (AvgIpc) is 3.21. The zero-order chi connectivity index (χ0) is 23.4. The number of carbonyl (C=O) groups excluding carboxylic acids is 2. The Balaban J connectivity index is 1.52. The molecular weight excluding hydrogens is 438 g/mol. The number of nitrogens with zero attached hydrogens (tertiary/aromatic N) is 2. The van der Waals surface area contributed by atoms with Crippen LogP contribution in [0.4, 0.5) is 5.69 Å². The van der Waals surface area contributed by atoms with Gasteiger partial charge in [-0.15, -0.1) is 0 Å². The van der Waals surface area contributed by atoms with Gasteiger partial charge in [0.1, 0.15) is 0 Å². The largest absolute Gasteiger partial charge is 0.342 e. The highest BCUT2D eigenvalue weighted by Gasteiger charge is 2.37. The minimum atomic E-state index is -3.62. The molecule has 2 saturated heterocycles. The number of sulfonamides is 1. The van der Waals surface area contributed by atoms with Gasteiger partial charge in [-0.1, -0.05) is 31.1 Å². The van der Waals surface area contributed by atoms with Crippen molar-refractivity contribution < 1.29 is 18.0 Å². The van der Waals surface area contributed by atoms with Gasteiger partial charge in [-0.05, 0) is 63.1 Å². The third kappa shape index (κ3) is 5.32. The normalized spacial score (nSPS) is 24.5. The zero-order valence-corrected chi connectivity index (χ0v) is 20.3. The molecule has 1 aromatic carbocycles. The van der Waals surface area contributed by atoms with E-state index in [1.807, 2.05) is 17.1 Å². The summed E-state index contributed by atoms with van der Waals surface area (Å²) in [6, 6.07) is 5.06. The minimum Gasteiger partial charge on any atom is -0.342 e. The first-order valence-electron chi connectivity index (χ1n) is 12.2. The predicted octanol–water partition coefficient (Wildman–Crippen LogP) is 3.70. The van der Waals surface area contributed by atoms with Gasteiger partial charge in [0.25, 0.3) is 0 Å². The third-order valence-electron chi connectivity index (χ3n) is 7.14. The highest BCUT2D eigenvalue weighted by Crippen LogP contribution is 2.31. The van der Waals surface area contributed by atoms with Gasteiger partial charge in [0, 0.05) is 31.9 Å². The first-order valence-corrected chi connectivity index (χ1v) is 13.7. The molecule has 1 aromatic rings. The van der Waals surface area contributed by atoms with Gasteiger partial charge >= 0.3 is 0 Å². The van der Waals surface area contributed by atoms with Crippen molar-refractivity contribution in [1.82, 2.24) is 9.21 Å². The Hall–Kier alpha value is -2.19. The van der Waals surface area contributed by atoms with Gasteiger partial charge in [-0.3, -0.25) is 9.59 Å². The molecule has 0 unspecified atom stereocenters. The number of rotatable bonds is 5. The van der Waals surface area contributed by atoms with Crippen LogP contribution in [-0.4, -0.2) is 55.6 Å². The van der Waals surface area contributed by atoms with Crippen molar-refractivity contribution in [2.45, 2.75) is 63.2 Å². The molecule has 8 heteroatoms. The number of aryl methyl sites for hydroxylation is 1. The van der Waals surface area contributed by atoms with Gasteiger partial charge in [0.2, 0.25) is 21.8 Å². The van der Waals surface area contributed by atoms with E-state index in [4.69, 9.17) is 0 Å². The van der Waals surface area contributed by atoms with E-state index >= 15 is 0 Å². The molecule has 2 fully saturated rings. The van der Waals surface area contributed by atoms with E-state index in [0.29, 0.717) is 37.2 Å². The van der Waals surface area contributed by atoms with Crippen molar-refractivity contribution in [3.63, 3.8) is 0 Å². The van der Waals surface area contributed by atoms with E-state index in [2.05, 4.69) is 5.32 Å². The fourth-order valence-corrected chi connectivity index (χ4v) is 6.93. The van der Waals surface area contributed by atoms with Crippen LogP contribution in [0, 0.1) is 18.8 Å². The smallest absolute Gasteiger partial charge is 0.243 e. The van der Waals surface area contributed by atoms with E-state index in [1.54, 1.807) is 29.4 Å². The summed E-state index contributed by atoms with van der Waals surface area (Å²) in [6.07, 6.45) is 10.9. The second kappa shape index (κ2) is 10.4. The van der Waals surface area contributed by atoms with Crippen LogP contribution in [0.15, 0.2) is 35.2 Å². The molecule has 2 atom stereocenters. The second-order valence-electron chi connectivity index (χ2n) is 9.48. The Morgan fingerprint density at radius 2 is 1.48 bits per heavy atom. The summed E-state index contributed by atoms with van der Waals surface area (Å²) in [5.41, 5.74) is 1.13. The van der Waals surface area contributed by atoms with Gasteiger partial charge in [0.05, 0.1) is 16.7 Å². The van der Waals surface area contributed by atoms with Crippen molar-refractivity contribution in [1.29, 1.82) is 0 Å². The number of nitrogens with one attached hydrogen (secondary N) is 1. The number of benzene rings is 1. The molecule has 2 aliphatic heterocycles. The van der Waals surface area contributed by atoms with E-state index in [1.165, 1.54) is 0 Å². The fourth-order valence-electron chi connectivity index (χ4n) is 5.16. The number of likely N-dealkylation sites (tertiary alicyclic amines) is 1. The van der Waals surface area contributed by atoms with Crippen LogP contribution in [0.1, 0.15) is 56.9 Å². The van der Waals surface area contributed by atoms with Crippen LogP contribution < -0.4 is 5.32 Å². The lowest BCUT2D eigenvalue weighted by Crippen LogP contribution is -2.42. The maximum absolute atomic E-state index is 13.3. The average molecular weight is 474 g/mol. The summed E-state index contributed by atoms with van der Waals surface area (Å²) in [5, 5.41) is 2.92. The number of anilines is 1. The van der Waals surface area contributed by atoms with Crippen molar-refractivity contribution in [3.05, 3.63) is 35.9 Å². The van der Waals surface area contributed by atoms with Gasteiger partial charge in [-0.2, -0.15) is 4.31 Å². The Bertz CT molecular complexity index is 1010. The second-order valence-corrected chi connectivity index (χ2v) is 11.4. The third-order valence-corrected chi connectivity index (χ3v) is 9.18. The number of carbonyl (C=O) groups is 2. The van der Waals surface area contributed by atoms with Crippen LogP contribution in [0.5, 0.6) is 0 Å². The first-order chi connectivity index (χ1) is 15.9. The summed E-state index contributed by atoms with van der Waals surface area (Å²) < 4.78 is 28.3. The van der Waals surface area contributed by atoms with Crippen LogP contribution in [0.2, 0.25) is 0 Å². The summed E-state index contributed by atoms with van der Waals surface area (Å²) in [7, 11) is -3.62. The van der Waals surface area contributed by atoms with Crippen molar-refractivity contribution in [2.75, 3.05) is 31.5 Å². The maximum Gasteiger partial charge on any atom is 0.243 e. The molecule has 33 heavy (non-hydrogen) atoms. The highest BCUT2D eigenvalue weighted by molar-refractivity contribution is 7.89. The molecule has 1 aliphatic carbocycles. The van der Waals surface area contributed by atoms with E-state index in [9.17, 15) is 18.0 Å². The van der Waals surface area contributed by atoms with Crippen molar-refractivity contribution in [2.24, 2.45) is 11.8 Å². The number of hydrogen-bond donors (Lipinski definition) is 1. The van der Waals surface area contributed by atoms with Gasteiger partial charge in [0.15, 0.2) is 0 Å². The number of allylic oxidation sites excluding steroid dienone is 2. The summed E-state index contributed by atoms with van der Waals surface area (Å²) in [4.78, 5) is 28.4. The van der Waals surface area contributed by atoms with E-state index in [-0.39, 0.29) is 22.6 Å². The molecule has 0 saturated carbocycles. The van der Waals surface area contributed by atoms with Crippen LogP contribution >= 0.6 is 0 Å². The molecule has 0 aromatic heterocycles. The van der Waals surface area contributed by atoms with Crippen molar-refractivity contribution in [3.8, 4) is 0 Å². The summed E-state index contributed by atoms with van der Waals surface area (Å²) in [5.74, 6) is -0.974. The molecule has 1 N–H and O–H groups in total. The van der Waals surface area contributed by atoms with Crippen LogP contribution in [0.25, 0.3) is 0 Å². The topological polar surface area (TPSA) is 86.8 Å². The quantitative estimate of drug-likeness (QED) is 0.661. The van der Waals surface area contributed by atoms with E-state index < -0.39 is 15.9 Å². The Morgan fingerprint density at radius 1 is 0.879 bits per heavy atom. The van der Waals surface area contributed by atoms with Crippen LogP contribution in [-0.2, 0) is 19.6 Å². The molecular formula is C25H35N3O4S. The van der Waals surface area contributed by atoms with Gasteiger partial charge in [-0.25, -0.2) is 8.42 Å². The lowest BCUT2D eigenvalue weighted by Gasteiger charge is -2.30. The molecule has 0 bridgehead atoms. The minimum absolute atomic E-state index is 0.0605. The lowest BCUT2D eigenvalue weighted by molar-refractivity contribution is -0.139. The molecule has 180 valence electrons. The monoisotopic (exact) mass is 473 g/mol. The molecule has 7 nitrogen and oxygen atoms in total. The summed E-state index contributed by atoms with van der Waals surface area (Å²) >= 11 is 0. The van der Waals surface area contributed by atoms with E-state index in [0.717, 1.165) is 51.6 Å². The standard InChI is InChI=1S/C25H35N3O4S/c1-19-12-13-20(18-23(19)33(31,32)28-16-6-2-3-7-17-28)26-24(29)21-10-4-5-11-22(21)25(30)27-14-8-9-15-27/h4-5,12-13,18,21-22H,2-3,6-11,14-17H2,1H3,(H,26,29)/t21-,22-/m0/s1. The molecule has 4 rings (SSSR count). The molecule has 0 spiro atoms. The Morgan fingerprint density at radius 3 is 2.15 bits per heavy atom. The number of hydrogen-bond acceptors (Lipinski definition) is 4. The Labute approximate surface area is 197 Å². The maximum atomic E-state index is 13.3. The zero-order valence-electron chi connectivity index (χ0n) is 19.5. The Kier molecular flexibility index (Phi) is 7.54. The number of amides is 2. The fraction of sp³-hybridized carbons (Fsp3) is 0.600. The SMILES string of the molecule is Cc1ccc(NC(=O)[C@H]2CC=CC[C@@H]2C(=O)N2CCCC2)cc1S(=O)(=O)N1CCCCCC1. The molecule has 2 amide bonds. The van der Waals surface area contributed by atoms with Gasteiger partial charge < -0.3 is 10.2 Å². The lowest BCUT2D eigenvalue weighted by atomic mass is 9.81. The molecule has 2 heterocycles. The molecule has 3 aliphatic rings.